The lowest BCUT2D eigenvalue weighted by molar-refractivity contribution is -0.276. The summed E-state index contributed by atoms with van der Waals surface area (Å²) in [6, 6.07) is 6.57. The minimum absolute atomic E-state index is 0.101. The molecule has 8 heteroatoms. The summed E-state index contributed by atoms with van der Waals surface area (Å²) < 4.78 is 21.5. The van der Waals surface area contributed by atoms with Gasteiger partial charge in [-0.15, -0.1) is 0 Å². The highest BCUT2D eigenvalue weighted by molar-refractivity contribution is 5.67. The summed E-state index contributed by atoms with van der Waals surface area (Å²) in [5.41, 5.74) is 0.705. The fourth-order valence-corrected chi connectivity index (χ4v) is 2.57. The lowest BCUT2D eigenvalue weighted by Crippen LogP contribution is -2.60. The maximum atomic E-state index is 11.4. The van der Waals surface area contributed by atoms with E-state index in [0.717, 1.165) is 0 Å². The van der Waals surface area contributed by atoms with Crippen LogP contribution in [-0.4, -0.2) is 52.9 Å². The molecule has 0 radical (unpaired) electrons. The van der Waals surface area contributed by atoms with E-state index in [9.17, 15) is 14.7 Å². The van der Waals surface area contributed by atoms with Crippen LogP contribution in [0.25, 0.3) is 0 Å². The van der Waals surface area contributed by atoms with Crippen molar-refractivity contribution in [2.75, 3.05) is 0 Å². The van der Waals surface area contributed by atoms with Gasteiger partial charge in [0, 0.05) is 13.8 Å². The molecule has 1 aliphatic rings. The van der Waals surface area contributed by atoms with Crippen LogP contribution in [0, 0.1) is 0 Å². The first-order valence-corrected chi connectivity index (χ1v) is 7.86. The van der Waals surface area contributed by atoms with Gasteiger partial charge in [0.1, 0.15) is 11.9 Å². The number of carbonyl (C=O) groups excluding carboxylic acids is 2. The molecule has 0 bridgehead atoms. The van der Waals surface area contributed by atoms with Crippen molar-refractivity contribution in [1.82, 2.24) is 0 Å². The van der Waals surface area contributed by atoms with Crippen LogP contribution in [0.2, 0.25) is 0 Å². The van der Waals surface area contributed by atoms with Crippen molar-refractivity contribution in [1.29, 1.82) is 0 Å². The molecule has 2 rings (SSSR count). The highest BCUT2D eigenvalue weighted by Crippen LogP contribution is 2.28. The van der Waals surface area contributed by atoms with E-state index in [1.807, 2.05) is 0 Å². The first-order chi connectivity index (χ1) is 11.8. The Labute approximate surface area is 145 Å². The molecule has 8 nitrogen and oxygen atoms in total. The van der Waals surface area contributed by atoms with Crippen LogP contribution >= 0.6 is 0 Å². The van der Waals surface area contributed by atoms with Crippen molar-refractivity contribution in [2.45, 2.75) is 58.1 Å². The molecule has 1 aromatic carbocycles. The van der Waals surface area contributed by atoms with Crippen LogP contribution in [-0.2, 0) is 30.4 Å². The van der Waals surface area contributed by atoms with Gasteiger partial charge in [-0.2, -0.15) is 0 Å². The first-order valence-electron chi connectivity index (χ1n) is 7.86. The van der Waals surface area contributed by atoms with Gasteiger partial charge >= 0.3 is 11.9 Å². The smallest absolute Gasteiger partial charge is 0.303 e. The zero-order chi connectivity index (χ0) is 18.6. The van der Waals surface area contributed by atoms with E-state index < -0.39 is 42.6 Å². The minimum Gasteiger partial charge on any atom is -0.461 e. The third-order valence-corrected chi connectivity index (χ3v) is 3.72. The second-order valence-electron chi connectivity index (χ2n) is 5.77. The van der Waals surface area contributed by atoms with Crippen LogP contribution in [0.15, 0.2) is 24.3 Å². The molecule has 1 aromatic rings. The van der Waals surface area contributed by atoms with Crippen LogP contribution in [0.4, 0.5) is 0 Å². The van der Waals surface area contributed by atoms with Crippen LogP contribution < -0.4 is 4.74 Å². The Morgan fingerprint density at radius 3 is 2.16 bits per heavy atom. The Kier molecular flexibility index (Phi) is 6.35. The van der Waals surface area contributed by atoms with Gasteiger partial charge in [-0.1, -0.05) is 12.1 Å². The third-order valence-electron chi connectivity index (χ3n) is 3.72. The van der Waals surface area contributed by atoms with Gasteiger partial charge in [-0.05, 0) is 24.6 Å². The van der Waals surface area contributed by atoms with Crippen LogP contribution in [0.3, 0.4) is 0 Å². The molecule has 0 aliphatic carbocycles. The fraction of sp³-hybridized carbons (Fsp3) is 0.529. The maximum Gasteiger partial charge on any atom is 0.303 e. The SMILES string of the molecule is CC(=O)O[C@H]1[C@@H](O)[C@H](OC(C)=O)C(Oc2ccc(CO)cc2)O[C@H]1C. The summed E-state index contributed by atoms with van der Waals surface area (Å²) in [5, 5.41) is 19.5. The number of esters is 2. The second kappa shape index (κ2) is 8.28. The summed E-state index contributed by atoms with van der Waals surface area (Å²) in [4.78, 5) is 22.6. The number of hydrogen-bond donors (Lipinski definition) is 2. The van der Waals surface area contributed by atoms with Crippen molar-refractivity contribution in [3.63, 3.8) is 0 Å². The molecule has 1 fully saturated rings. The third kappa shape index (κ3) is 4.91. The lowest BCUT2D eigenvalue weighted by atomic mass is 9.99. The highest BCUT2D eigenvalue weighted by Gasteiger charge is 2.48. The van der Waals surface area contributed by atoms with Crippen molar-refractivity contribution >= 4 is 11.9 Å². The normalized spacial score (nSPS) is 28.9. The Morgan fingerprint density at radius 1 is 1.08 bits per heavy atom. The van der Waals surface area contributed by atoms with Crippen molar-refractivity contribution in [3.8, 4) is 5.75 Å². The molecule has 0 amide bonds. The fourth-order valence-electron chi connectivity index (χ4n) is 2.57. The molecule has 1 aliphatic heterocycles. The molecule has 0 aromatic heterocycles. The predicted octanol–water partition coefficient (Wildman–Crippen LogP) is 0.527. The summed E-state index contributed by atoms with van der Waals surface area (Å²) in [6.45, 7) is 3.92. The summed E-state index contributed by atoms with van der Waals surface area (Å²) in [5.74, 6) is -0.808. The zero-order valence-corrected chi connectivity index (χ0v) is 14.2. The molecule has 2 N–H and O–H groups in total. The predicted molar refractivity (Wildman–Crippen MR) is 84.4 cm³/mol. The molecular weight excluding hydrogens is 332 g/mol. The molecular formula is C17H22O8. The summed E-state index contributed by atoms with van der Waals surface area (Å²) in [7, 11) is 0. The number of rotatable bonds is 5. The average molecular weight is 354 g/mol. The van der Waals surface area contributed by atoms with Gasteiger partial charge in [0.2, 0.25) is 6.29 Å². The Bertz CT molecular complexity index is 599. The van der Waals surface area contributed by atoms with E-state index in [2.05, 4.69) is 0 Å². The minimum atomic E-state index is -1.31. The highest BCUT2D eigenvalue weighted by atomic mass is 16.7. The van der Waals surface area contributed by atoms with Crippen LogP contribution in [0.5, 0.6) is 5.75 Å². The van der Waals surface area contributed by atoms with Crippen molar-refractivity contribution in [2.24, 2.45) is 0 Å². The Balaban J connectivity index is 2.18. The molecule has 0 saturated carbocycles. The van der Waals surface area contributed by atoms with Crippen LogP contribution in [0.1, 0.15) is 26.3 Å². The van der Waals surface area contributed by atoms with Gasteiger partial charge < -0.3 is 29.2 Å². The number of ether oxygens (including phenoxy) is 4. The monoisotopic (exact) mass is 354 g/mol. The zero-order valence-electron chi connectivity index (χ0n) is 14.2. The number of hydrogen-bond acceptors (Lipinski definition) is 8. The van der Waals surface area contributed by atoms with Gasteiger partial charge in [0.15, 0.2) is 12.2 Å². The van der Waals surface area contributed by atoms with Gasteiger partial charge in [0.25, 0.3) is 0 Å². The number of aliphatic hydroxyl groups excluding tert-OH is 2. The van der Waals surface area contributed by atoms with Gasteiger partial charge in [0.05, 0.1) is 12.7 Å². The van der Waals surface area contributed by atoms with Gasteiger partial charge in [-0.25, -0.2) is 0 Å². The quantitative estimate of drug-likeness (QED) is 0.737. The number of aliphatic hydroxyl groups is 2. The van der Waals surface area contributed by atoms with Gasteiger partial charge in [-0.3, -0.25) is 9.59 Å². The van der Waals surface area contributed by atoms with E-state index in [4.69, 9.17) is 24.1 Å². The average Bonchev–Trinajstić information content (AvgIpc) is 2.55. The maximum absolute atomic E-state index is 11.4. The molecule has 5 atom stereocenters. The molecule has 0 spiro atoms. The second-order valence-corrected chi connectivity index (χ2v) is 5.77. The topological polar surface area (TPSA) is 112 Å². The number of benzene rings is 1. The van der Waals surface area contributed by atoms with Crippen molar-refractivity contribution in [3.05, 3.63) is 29.8 Å². The summed E-state index contributed by atoms with van der Waals surface area (Å²) >= 11 is 0. The van der Waals surface area contributed by atoms with E-state index in [1.165, 1.54) is 13.8 Å². The largest absolute Gasteiger partial charge is 0.461 e. The molecule has 1 saturated heterocycles. The molecule has 25 heavy (non-hydrogen) atoms. The number of carbonyl (C=O) groups is 2. The van der Waals surface area contributed by atoms with E-state index >= 15 is 0 Å². The molecule has 1 heterocycles. The van der Waals surface area contributed by atoms with E-state index in [1.54, 1.807) is 31.2 Å². The Hall–Kier alpha value is -2.16. The molecule has 138 valence electrons. The summed E-state index contributed by atoms with van der Waals surface area (Å²) in [6.07, 6.45) is -5.22. The van der Waals surface area contributed by atoms with E-state index in [-0.39, 0.29) is 6.61 Å². The molecule has 1 unspecified atom stereocenters. The van der Waals surface area contributed by atoms with E-state index in [0.29, 0.717) is 11.3 Å². The lowest BCUT2D eigenvalue weighted by Gasteiger charge is -2.41. The first kappa shape index (κ1) is 19.2. The van der Waals surface area contributed by atoms with Crippen molar-refractivity contribution < 1.29 is 38.7 Å². The Morgan fingerprint density at radius 2 is 1.64 bits per heavy atom. The standard InChI is InChI=1S/C17H22O8/c1-9-15(23-10(2)19)14(21)16(24-11(3)20)17(22-9)25-13-6-4-12(8-18)5-7-13/h4-7,9,14-18,21H,8H2,1-3H3/t9-,14+,15+,16-,17?/m0/s1.